The summed E-state index contributed by atoms with van der Waals surface area (Å²) in [6.45, 7) is 1.65. The van der Waals surface area contributed by atoms with Crippen molar-refractivity contribution in [3.05, 3.63) is 84.4 Å². The lowest BCUT2D eigenvalue weighted by atomic mass is 9.91. The summed E-state index contributed by atoms with van der Waals surface area (Å²) in [6, 6.07) is 26.9. The van der Waals surface area contributed by atoms with Crippen LogP contribution in [0.25, 0.3) is 32.7 Å². The van der Waals surface area contributed by atoms with Gasteiger partial charge in [0, 0.05) is 5.56 Å². The van der Waals surface area contributed by atoms with Crippen molar-refractivity contribution in [1.82, 2.24) is 0 Å². The highest BCUT2D eigenvalue weighted by atomic mass is 16.1. The third kappa shape index (κ3) is 2.31. The predicted octanol–water partition coefficient (Wildman–Crippen LogP) is 5.86. The first-order valence-electron chi connectivity index (χ1n) is 7.76. The minimum atomic E-state index is 0.102. The fourth-order valence-corrected chi connectivity index (χ4v) is 3.25. The van der Waals surface area contributed by atoms with Crippen molar-refractivity contribution in [3.63, 3.8) is 0 Å². The Balaban J connectivity index is 2.03. The Kier molecular flexibility index (Phi) is 3.20. The molecule has 0 saturated carbocycles. The minimum Gasteiger partial charge on any atom is -0.294 e. The standard InChI is InChI=1S/C22H16O/c1-15(23)22-20-9-5-4-7-17(20)12-13-21(22)19-11-10-16-6-2-3-8-18(16)14-19/h2-14H,1H3. The molecule has 0 aromatic heterocycles. The van der Waals surface area contributed by atoms with Gasteiger partial charge in [-0.1, -0.05) is 72.8 Å². The van der Waals surface area contributed by atoms with Gasteiger partial charge in [-0.2, -0.15) is 0 Å². The first-order valence-corrected chi connectivity index (χ1v) is 7.76. The second-order valence-electron chi connectivity index (χ2n) is 5.83. The molecule has 0 saturated heterocycles. The number of hydrogen-bond acceptors (Lipinski definition) is 1. The van der Waals surface area contributed by atoms with Gasteiger partial charge in [-0.05, 0) is 45.7 Å². The molecule has 0 aliphatic carbocycles. The number of hydrogen-bond donors (Lipinski definition) is 0. The van der Waals surface area contributed by atoms with Crippen LogP contribution in [0.5, 0.6) is 0 Å². The van der Waals surface area contributed by atoms with Crippen molar-refractivity contribution in [2.24, 2.45) is 0 Å². The molecule has 0 bridgehead atoms. The van der Waals surface area contributed by atoms with Crippen molar-refractivity contribution >= 4 is 27.3 Å². The Labute approximate surface area is 135 Å². The molecule has 0 unspecified atom stereocenters. The third-order valence-corrected chi connectivity index (χ3v) is 4.34. The Morgan fingerprint density at radius 2 is 1.35 bits per heavy atom. The summed E-state index contributed by atoms with van der Waals surface area (Å²) in [5.74, 6) is 0.102. The van der Waals surface area contributed by atoms with Crippen LogP contribution in [-0.4, -0.2) is 5.78 Å². The van der Waals surface area contributed by atoms with Gasteiger partial charge in [0.1, 0.15) is 0 Å². The Morgan fingerprint density at radius 3 is 2.13 bits per heavy atom. The predicted molar refractivity (Wildman–Crippen MR) is 96.9 cm³/mol. The number of Topliss-reactive ketones (excluding diaryl/α,β-unsaturated/α-hetero) is 1. The Morgan fingerprint density at radius 1 is 0.696 bits per heavy atom. The summed E-state index contributed by atoms with van der Waals surface area (Å²) >= 11 is 0. The number of fused-ring (bicyclic) bond motifs is 2. The monoisotopic (exact) mass is 296 g/mol. The highest BCUT2D eigenvalue weighted by Gasteiger charge is 2.13. The molecule has 110 valence electrons. The summed E-state index contributed by atoms with van der Waals surface area (Å²) in [7, 11) is 0. The number of rotatable bonds is 2. The minimum absolute atomic E-state index is 0.102. The quantitative estimate of drug-likeness (QED) is 0.423. The first kappa shape index (κ1) is 13.7. The molecule has 4 rings (SSSR count). The van der Waals surface area contributed by atoms with Crippen LogP contribution in [0, 0.1) is 0 Å². The summed E-state index contributed by atoms with van der Waals surface area (Å²) in [5, 5.41) is 4.52. The van der Waals surface area contributed by atoms with E-state index in [1.807, 2.05) is 36.4 Å². The van der Waals surface area contributed by atoms with E-state index in [-0.39, 0.29) is 5.78 Å². The second-order valence-corrected chi connectivity index (χ2v) is 5.83. The van der Waals surface area contributed by atoms with Gasteiger partial charge in [-0.25, -0.2) is 0 Å². The van der Waals surface area contributed by atoms with E-state index in [4.69, 9.17) is 0 Å². The molecular formula is C22H16O. The molecule has 0 aliphatic rings. The van der Waals surface area contributed by atoms with E-state index in [2.05, 4.69) is 42.5 Å². The fraction of sp³-hybridized carbons (Fsp3) is 0.0455. The lowest BCUT2D eigenvalue weighted by Crippen LogP contribution is -1.98. The van der Waals surface area contributed by atoms with Gasteiger partial charge in [-0.3, -0.25) is 4.79 Å². The van der Waals surface area contributed by atoms with Crippen LogP contribution in [0.15, 0.2) is 78.9 Å². The molecule has 23 heavy (non-hydrogen) atoms. The molecule has 0 fully saturated rings. The smallest absolute Gasteiger partial charge is 0.161 e. The van der Waals surface area contributed by atoms with Crippen LogP contribution >= 0.6 is 0 Å². The molecule has 4 aromatic carbocycles. The fourth-order valence-electron chi connectivity index (χ4n) is 3.25. The zero-order valence-electron chi connectivity index (χ0n) is 12.9. The van der Waals surface area contributed by atoms with Crippen LogP contribution in [0.4, 0.5) is 0 Å². The maximum absolute atomic E-state index is 12.3. The number of ketones is 1. The zero-order valence-corrected chi connectivity index (χ0v) is 12.9. The zero-order chi connectivity index (χ0) is 15.8. The van der Waals surface area contributed by atoms with E-state index in [0.29, 0.717) is 0 Å². The Hall–Kier alpha value is -2.93. The van der Waals surface area contributed by atoms with Crippen molar-refractivity contribution in [3.8, 4) is 11.1 Å². The van der Waals surface area contributed by atoms with Crippen molar-refractivity contribution < 1.29 is 4.79 Å². The van der Waals surface area contributed by atoms with Crippen LogP contribution in [0.1, 0.15) is 17.3 Å². The number of carbonyl (C=O) groups is 1. The number of benzene rings is 4. The highest BCUT2D eigenvalue weighted by molar-refractivity contribution is 6.12. The van der Waals surface area contributed by atoms with Gasteiger partial charge in [0.2, 0.25) is 0 Å². The largest absolute Gasteiger partial charge is 0.294 e. The molecule has 1 heteroatoms. The summed E-state index contributed by atoms with van der Waals surface area (Å²) in [4.78, 5) is 12.3. The van der Waals surface area contributed by atoms with Crippen molar-refractivity contribution in [2.75, 3.05) is 0 Å². The maximum Gasteiger partial charge on any atom is 0.161 e. The molecule has 0 radical (unpaired) electrons. The van der Waals surface area contributed by atoms with Gasteiger partial charge in [0.05, 0.1) is 0 Å². The van der Waals surface area contributed by atoms with E-state index in [9.17, 15) is 4.79 Å². The van der Waals surface area contributed by atoms with E-state index < -0.39 is 0 Å². The Bertz CT molecular complexity index is 1040. The van der Waals surface area contributed by atoms with Crippen LogP contribution < -0.4 is 0 Å². The molecule has 0 aliphatic heterocycles. The van der Waals surface area contributed by atoms with Crippen LogP contribution in [-0.2, 0) is 0 Å². The van der Waals surface area contributed by atoms with Gasteiger partial charge in [0.25, 0.3) is 0 Å². The SMILES string of the molecule is CC(=O)c1c(-c2ccc3ccccc3c2)ccc2ccccc12. The molecule has 0 heterocycles. The van der Waals surface area contributed by atoms with Crippen molar-refractivity contribution in [1.29, 1.82) is 0 Å². The normalized spacial score (nSPS) is 11.0. The lowest BCUT2D eigenvalue weighted by molar-refractivity contribution is 0.102. The van der Waals surface area contributed by atoms with E-state index >= 15 is 0 Å². The van der Waals surface area contributed by atoms with Gasteiger partial charge in [0.15, 0.2) is 5.78 Å². The molecular weight excluding hydrogens is 280 g/mol. The molecule has 4 aromatic rings. The third-order valence-electron chi connectivity index (χ3n) is 4.34. The summed E-state index contributed by atoms with van der Waals surface area (Å²) in [6.07, 6.45) is 0. The average Bonchev–Trinajstić information content (AvgIpc) is 2.60. The topological polar surface area (TPSA) is 17.1 Å². The van der Waals surface area contributed by atoms with Gasteiger partial charge < -0.3 is 0 Å². The number of carbonyl (C=O) groups excluding carboxylic acids is 1. The van der Waals surface area contributed by atoms with E-state index in [1.165, 1.54) is 10.8 Å². The molecule has 0 N–H and O–H groups in total. The molecule has 0 atom stereocenters. The van der Waals surface area contributed by atoms with Gasteiger partial charge >= 0.3 is 0 Å². The average molecular weight is 296 g/mol. The summed E-state index contributed by atoms with van der Waals surface area (Å²) < 4.78 is 0. The van der Waals surface area contributed by atoms with Crippen molar-refractivity contribution in [2.45, 2.75) is 6.92 Å². The summed E-state index contributed by atoms with van der Waals surface area (Å²) in [5.41, 5.74) is 2.89. The van der Waals surface area contributed by atoms with E-state index in [1.54, 1.807) is 6.92 Å². The second kappa shape index (κ2) is 5.36. The van der Waals surface area contributed by atoms with Gasteiger partial charge in [-0.15, -0.1) is 0 Å². The molecule has 0 amide bonds. The molecule has 0 spiro atoms. The van der Waals surface area contributed by atoms with E-state index in [0.717, 1.165) is 27.5 Å². The van der Waals surface area contributed by atoms with Crippen LogP contribution in [0.2, 0.25) is 0 Å². The van der Waals surface area contributed by atoms with Crippen LogP contribution in [0.3, 0.4) is 0 Å². The highest BCUT2D eigenvalue weighted by Crippen LogP contribution is 2.32. The lowest BCUT2D eigenvalue weighted by Gasteiger charge is -2.12. The molecule has 1 nitrogen and oxygen atoms in total. The maximum atomic E-state index is 12.3. The first-order chi connectivity index (χ1) is 11.2.